The van der Waals surface area contributed by atoms with Crippen LogP contribution in [-0.2, 0) is 0 Å². The van der Waals surface area contributed by atoms with Crippen molar-refractivity contribution in [3.05, 3.63) is 56.0 Å². The first-order chi connectivity index (χ1) is 8.54. The summed E-state index contributed by atoms with van der Waals surface area (Å²) in [6, 6.07) is 4.86. The highest BCUT2D eigenvalue weighted by atomic mass is 35.5. The molecule has 0 aliphatic carbocycles. The lowest BCUT2D eigenvalue weighted by atomic mass is 9.99. The van der Waals surface area contributed by atoms with E-state index in [0.717, 1.165) is 26.6 Å². The first-order valence-electron chi connectivity index (χ1n) is 5.71. The van der Waals surface area contributed by atoms with Gasteiger partial charge in [0.1, 0.15) is 5.82 Å². The van der Waals surface area contributed by atoms with E-state index in [2.05, 4.69) is 5.32 Å². The molecule has 0 spiro atoms. The van der Waals surface area contributed by atoms with E-state index in [1.165, 1.54) is 6.07 Å². The second-order valence-electron chi connectivity index (χ2n) is 4.32. The number of nitrogens with one attached hydrogen (secondary N) is 1. The van der Waals surface area contributed by atoms with E-state index in [4.69, 9.17) is 11.6 Å². The zero-order valence-electron chi connectivity index (χ0n) is 10.6. The third-order valence-electron chi connectivity index (χ3n) is 3.02. The molecule has 4 heteroatoms. The number of rotatable bonds is 3. The molecule has 1 aromatic carbocycles. The van der Waals surface area contributed by atoms with Crippen LogP contribution in [0.3, 0.4) is 0 Å². The Bertz CT molecular complexity index is 565. The normalized spacial score (nSPS) is 12.7. The number of hydrogen-bond donors (Lipinski definition) is 1. The Morgan fingerprint density at radius 1 is 1.28 bits per heavy atom. The summed E-state index contributed by atoms with van der Waals surface area (Å²) in [5, 5.41) is 6.09. The summed E-state index contributed by atoms with van der Waals surface area (Å²) in [5.41, 5.74) is 3.07. The molecule has 1 nitrogen and oxygen atoms in total. The Balaban J connectivity index is 2.48. The molecule has 2 rings (SSSR count). The molecule has 1 aromatic heterocycles. The van der Waals surface area contributed by atoms with Crippen molar-refractivity contribution < 1.29 is 4.39 Å². The lowest BCUT2D eigenvalue weighted by molar-refractivity contribution is 0.622. The van der Waals surface area contributed by atoms with Crippen molar-refractivity contribution in [2.24, 2.45) is 0 Å². The van der Waals surface area contributed by atoms with Crippen LogP contribution in [-0.4, -0.2) is 7.05 Å². The largest absolute Gasteiger partial charge is 0.309 e. The van der Waals surface area contributed by atoms with Crippen LogP contribution in [0.1, 0.15) is 27.6 Å². The van der Waals surface area contributed by atoms with Gasteiger partial charge in [0, 0.05) is 4.88 Å². The van der Waals surface area contributed by atoms with Gasteiger partial charge in [0.15, 0.2) is 0 Å². The molecule has 96 valence electrons. The average molecular weight is 284 g/mol. The molecule has 1 unspecified atom stereocenters. The highest BCUT2D eigenvalue weighted by Gasteiger charge is 2.20. The summed E-state index contributed by atoms with van der Waals surface area (Å²) in [5.74, 6) is -0.209. The molecule has 18 heavy (non-hydrogen) atoms. The van der Waals surface area contributed by atoms with Crippen molar-refractivity contribution >= 4 is 22.9 Å². The maximum absolute atomic E-state index is 13.2. The molecule has 0 saturated carbocycles. The fourth-order valence-electron chi connectivity index (χ4n) is 2.04. The Morgan fingerprint density at radius 2 is 2.00 bits per heavy atom. The molecular weight excluding hydrogens is 269 g/mol. The first kappa shape index (κ1) is 13.5. The standard InChI is InChI=1S/C14H15ClFNS/c1-8-6-10(16)4-5-11(8)13(17-3)14-12(15)9(2)7-18-14/h4-7,13,17H,1-3H3. The van der Waals surface area contributed by atoms with E-state index >= 15 is 0 Å². The van der Waals surface area contributed by atoms with Gasteiger partial charge >= 0.3 is 0 Å². The maximum Gasteiger partial charge on any atom is 0.123 e. The SMILES string of the molecule is CNC(c1ccc(F)cc1C)c1scc(C)c1Cl. The monoisotopic (exact) mass is 283 g/mol. The summed E-state index contributed by atoms with van der Waals surface area (Å²) in [6.45, 7) is 3.91. The minimum Gasteiger partial charge on any atom is -0.309 e. The highest BCUT2D eigenvalue weighted by Crippen LogP contribution is 2.36. The van der Waals surface area contributed by atoms with Crippen molar-refractivity contribution in [2.45, 2.75) is 19.9 Å². The fourth-order valence-corrected chi connectivity index (χ4v) is 3.46. The number of benzene rings is 1. The second-order valence-corrected chi connectivity index (χ2v) is 5.61. The van der Waals surface area contributed by atoms with Gasteiger partial charge in [-0.1, -0.05) is 17.7 Å². The maximum atomic E-state index is 13.2. The summed E-state index contributed by atoms with van der Waals surface area (Å²) in [7, 11) is 1.89. The molecule has 0 radical (unpaired) electrons. The number of thiophene rings is 1. The Hall–Kier alpha value is -0.900. The van der Waals surface area contributed by atoms with Crippen molar-refractivity contribution in [3.8, 4) is 0 Å². The molecule has 0 saturated heterocycles. The highest BCUT2D eigenvalue weighted by molar-refractivity contribution is 7.10. The van der Waals surface area contributed by atoms with Crippen LogP contribution in [0.25, 0.3) is 0 Å². The summed E-state index contributed by atoms with van der Waals surface area (Å²) in [4.78, 5) is 1.08. The Labute approximate surface area is 116 Å². The van der Waals surface area contributed by atoms with E-state index in [1.54, 1.807) is 17.4 Å². The van der Waals surface area contributed by atoms with Gasteiger partial charge in [-0.25, -0.2) is 4.39 Å². The van der Waals surface area contributed by atoms with Crippen molar-refractivity contribution in [1.82, 2.24) is 5.32 Å². The van der Waals surface area contributed by atoms with Gasteiger partial charge in [0.25, 0.3) is 0 Å². The minimum atomic E-state index is -0.209. The van der Waals surface area contributed by atoms with E-state index in [1.807, 2.05) is 32.3 Å². The van der Waals surface area contributed by atoms with Crippen molar-refractivity contribution in [1.29, 1.82) is 0 Å². The zero-order valence-corrected chi connectivity index (χ0v) is 12.1. The van der Waals surface area contributed by atoms with E-state index in [-0.39, 0.29) is 11.9 Å². The van der Waals surface area contributed by atoms with Gasteiger partial charge in [-0.2, -0.15) is 0 Å². The second kappa shape index (κ2) is 5.39. The van der Waals surface area contributed by atoms with Crippen molar-refractivity contribution in [3.63, 3.8) is 0 Å². The third kappa shape index (κ3) is 2.44. The third-order valence-corrected chi connectivity index (χ3v) is 4.80. The van der Waals surface area contributed by atoms with Gasteiger partial charge < -0.3 is 5.32 Å². The number of hydrogen-bond acceptors (Lipinski definition) is 2. The lowest BCUT2D eigenvalue weighted by Crippen LogP contribution is -2.18. The van der Waals surface area contributed by atoms with Crippen LogP contribution < -0.4 is 5.32 Å². The van der Waals surface area contributed by atoms with Gasteiger partial charge in [-0.15, -0.1) is 11.3 Å². The molecule has 0 amide bonds. The molecular formula is C14H15ClFNS. The number of halogens is 2. The summed E-state index contributed by atoms with van der Waals surface area (Å²) >= 11 is 7.94. The van der Waals surface area contributed by atoms with Crippen LogP contribution in [0.15, 0.2) is 23.6 Å². The average Bonchev–Trinajstić information content (AvgIpc) is 2.65. The van der Waals surface area contributed by atoms with E-state index in [0.29, 0.717) is 0 Å². The van der Waals surface area contributed by atoms with Crippen LogP contribution >= 0.6 is 22.9 Å². The van der Waals surface area contributed by atoms with Crippen LogP contribution in [0.5, 0.6) is 0 Å². The van der Waals surface area contributed by atoms with E-state index in [9.17, 15) is 4.39 Å². The molecule has 0 aliphatic rings. The summed E-state index contributed by atoms with van der Waals surface area (Å²) in [6.07, 6.45) is 0. The van der Waals surface area contributed by atoms with Crippen LogP contribution in [0.2, 0.25) is 5.02 Å². The first-order valence-corrected chi connectivity index (χ1v) is 6.97. The predicted octanol–water partition coefficient (Wildman–Crippen LogP) is 4.47. The van der Waals surface area contributed by atoms with Crippen LogP contribution in [0, 0.1) is 19.7 Å². The van der Waals surface area contributed by atoms with Crippen molar-refractivity contribution in [2.75, 3.05) is 7.05 Å². The molecule has 1 atom stereocenters. The fraction of sp³-hybridized carbons (Fsp3) is 0.286. The van der Waals surface area contributed by atoms with E-state index < -0.39 is 0 Å². The minimum absolute atomic E-state index is 0.0109. The molecule has 0 aliphatic heterocycles. The Morgan fingerprint density at radius 3 is 2.50 bits per heavy atom. The smallest absolute Gasteiger partial charge is 0.123 e. The lowest BCUT2D eigenvalue weighted by Gasteiger charge is -2.18. The molecule has 1 N–H and O–H groups in total. The van der Waals surface area contributed by atoms with Gasteiger partial charge in [-0.3, -0.25) is 0 Å². The van der Waals surface area contributed by atoms with Gasteiger partial charge in [-0.05, 0) is 55.1 Å². The predicted molar refractivity (Wildman–Crippen MR) is 76.1 cm³/mol. The quantitative estimate of drug-likeness (QED) is 0.876. The zero-order chi connectivity index (χ0) is 13.3. The molecule has 2 aromatic rings. The molecule has 1 heterocycles. The molecule has 0 bridgehead atoms. The topological polar surface area (TPSA) is 12.0 Å². The van der Waals surface area contributed by atoms with Gasteiger partial charge in [0.05, 0.1) is 11.1 Å². The summed E-state index contributed by atoms with van der Waals surface area (Å²) < 4.78 is 13.2. The Kier molecular flexibility index (Phi) is 4.05. The van der Waals surface area contributed by atoms with Gasteiger partial charge in [0.2, 0.25) is 0 Å². The van der Waals surface area contributed by atoms with Crippen LogP contribution in [0.4, 0.5) is 4.39 Å². The number of aryl methyl sites for hydroxylation is 2. The molecule has 0 fully saturated rings.